The first-order chi connectivity index (χ1) is 7.90. The molecule has 0 unspecified atom stereocenters. The maximum Gasteiger partial charge on any atom is 0.133 e. The molecule has 0 bridgehead atoms. The molecule has 1 aromatic carbocycles. The highest BCUT2D eigenvalue weighted by Crippen LogP contribution is 2.17. The zero-order chi connectivity index (χ0) is 11.2. The lowest BCUT2D eigenvalue weighted by Crippen LogP contribution is -1.99. The number of nitrogens with zero attached hydrogens (tertiary/aromatic N) is 1. The van der Waals surface area contributed by atoms with Crippen LogP contribution in [0.15, 0.2) is 48.7 Å². The van der Waals surface area contributed by atoms with Crippen molar-refractivity contribution in [3.05, 3.63) is 54.2 Å². The summed E-state index contributed by atoms with van der Waals surface area (Å²) in [4.78, 5) is 14.7. The maximum absolute atomic E-state index is 10.5. The van der Waals surface area contributed by atoms with Gasteiger partial charge in [-0.05, 0) is 18.2 Å². The summed E-state index contributed by atoms with van der Waals surface area (Å²) >= 11 is 0. The first kappa shape index (κ1) is 10.4. The van der Waals surface area contributed by atoms with Gasteiger partial charge in [0.15, 0.2) is 0 Å². The number of hydrogen-bond donors (Lipinski definition) is 1. The number of para-hydroxylation sites is 1. The number of aldehydes is 1. The molecular weight excluding hydrogens is 200 g/mol. The van der Waals surface area contributed by atoms with Gasteiger partial charge in [0.25, 0.3) is 0 Å². The van der Waals surface area contributed by atoms with Crippen LogP contribution in [0.3, 0.4) is 0 Å². The highest BCUT2D eigenvalue weighted by atomic mass is 16.1. The molecule has 16 heavy (non-hydrogen) atoms. The largest absolute Gasteiger partial charge is 0.340 e. The van der Waals surface area contributed by atoms with Crippen molar-refractivity contribution in [2.24, 2.45) is 0 Å². The number of nitrogens with one attached hydrogen (secondary N) is 1. The normalized spacial score (nSPS) is 9.75. The number of carbonyl (C=O) groups excluding carboxylic acids is 1. The quantitative estimate of drug-likeness (QED) is 0.792. The number of rotatable bonds is 4. The monoisotopic (exact) mass is 212 g/mol. The van der Waals surface area contributed by atoms with Crippen molar-refractivity contribution in [1.82, 2.24) is 4.98 Å². The molecule has 0 atom stereocenters. The molecular formula is C13H12N2O. The Hall–Kier alpha value is -2.16. The topological polar surface area (TPSA) is 42.0 Å². The van der Waals surface area contributed by atoms with Crippen LogP contribution in [-0.2, 0) is 11.2 Å². The molecule has 80 valence electrons. The number of benzene rings is 1. The van der Waals surface area contributed by atoms with Crippen LogP contribution < -0.4 is 5.32 Å². The second kappa shape index (κ2) is 5.07. The molecule has 2 aromatic rings. The van der Waals surface area contributed by atoms with Crippen molar-refractivity contribution in [2.75, 3.05) is 5.32 Å². The van der Waals surface area contributed by atoms with E-state index >= 15 is 0 Å². The molecule has 0 saturated heterocycles. The van der Waals surface area contributed by atoms with Gasteiger partial charge in [0.2, 0.25) is 0 Å². The van der Waals surface area contributed by atoms with Gasteiger partial charge in [0.05, 0.1) is 0 Å². The smallest absolute Gasteiger partial charge is 0.133 e. The fourth-order valence-electron chi connectivity index (χ4n) is 1.46. The van der Waals surface area contributed by atoms with E-state index in [0.717, 1.165) is 23.4 Å². The van der Waals surface area contributed by atoms with Crippen molar-refractivity contribution in [3.63, 3.8) is 0 Å². The second-order valence-corrected chi connectivity index (χ2v) is 3.37. The van der Waals surface area contributed by atoms with Gasteiger partial charge in [-0.2, -0.15) is 0 Å². The molecule has 3 nitrogen and oxygen atoms in total. The average Bonchev–Trinajstić information content (AvgIpc) is 2.33. The Labute approximate surface area is 94.1 Å². The second-order valence-electron chi connectivity index (χ2n) is 3.37. The Morgan fingerprint density at radius 2 is 1.94 bits per heavy atom. The van der Waals surface area contributed by atoms with Crippen LogP contribution in [0, 0.1) is 0 Å². The van der Waals surface area contributed by atoms with Crippen LogP contribution in [0.1, 0.15) is 5.56 Å². The zero-order valence-electron chi connectivity index (χ0n) is 8.76. The Morgan fingerprint density at radius 1 is 1.12 bits per heavy atom. The van der Waals surface area contributed by atoms with E-state index < -0.39 is 0 Å². The molecule has 0 aliphatic rings. The summed E-state index contributed by atoms with van der Waals surface area (Å²) in [5.74, 6) is 0.737. The van der Waals surface area contributed by atoms with E-state index in [2.05, 4.69) is 10.3 Å². The summed E-state index contributed by atoms with van der Waals surface area (Å²) in [6.07, 6.45) is 2.97. The van der Waals surface area contributed by atoms with Gasteiger partial charge in [-0.25, -0.2) is 4.98 Å². The van der Waals surface area contributed by atoms with Gasteiger partial charge in [-0.1, -0.05) is 24.3 Å². The number of carbonyl (C=O) groups is 1. The van der Waals surface area contributed by atoms with E-state index in [-0.39, 0.29) is 0 Å². The summed E-state index contributed by atoms with van der Waals surface area (Å²) in [7, 11) is 0. The van der Waals surface area contributed by atoms with Crippen LogP contribution in [-0.4, -0.2) is 11.3 Å². The standard InChI is InChI=1S/C13H12N2O/c16-10-8-11-5-4-9-14-13(11)15-12-6-2-1-3-7-12/h1-7,9-10H,8H2,(H,14,15). The Bertz CT molecular complexity index is 468. The summed E-state index contributed by atoms with van der Waals surface area (Å²) in [5, 5.41) is 3.19. The highest BCUT2D eigenvalue weighted by molar-refractivity contribution is 5.64. The molecule has 2 rings (SSSR count). The third-order valence-electron chi connectivity index (χ3n) is 2.23. The lowest BCUT2D eigenvalue weighted by atomic mass is 10.2. The van der Waals surface area contributed by atoms with E-state index in [1.165, 1.54) is 0 Å². The van der Waals surface area contributed by atoms with Gasteiger partial charge >= 0.3 is 0 Å². The minimum absolute atomic E-state index is 0.378. The predicted molar refractivity (Wildman–Crippen MR) is 63.7 cm³/mol. The fourth-order valence-corrected chi connectivity index (χ4v) is 1.46. The van der Waals surface area contributed by atoms with Crippen molar-refractivity contribution in [1.29, 1.82) is 0 Å². The minimum Gasteiger partial charge on any atom is -0.340 e. The lowest BCUT2D eigenvalue weighted by Gasteiger charge is -2.08. The third-order valence-corrected chi connectivity index (χ3v) is 2.23. The van der Waals surface area contributed by atoms with E-state index in [1.54, 1.807) is 6.20 Å². The molecule has 0 aliphatic heterocycles. The first-order valence-electron chi connectivity index (χ1n) is 5.10. The van der Waals surface area contributed by atoms with Crippen LogP contribution >= 0.6 is 0 Å². The minimum atomic E-state index is 0.378. The molecule has 0 aliphatic carbocycles. The zero-order valence-corrected chi connectivity index (χ0v) is 8.76. The summed E-state index contributed by atoms with van der Waals surface area (Å²) in [5.41, 5.74) is 1.87. The molecule has 1 heterocycles. The number of hydrogen-bond acceptors (Lipinski definition) is 3. The van der Waals surface area contributed by atoms with Crippen LogP contribution in [0.5, 0.6) is 0 Å². The SMILES string of the molecule is O=CCc1cccnc1Nc1ccccc1. The van der Waals surface area contributed by atoms with Crippen LogP contribution in [0.2, 0.25) is 0 Å². The van der Waals surface area contributed by atoms with E-state index in [4.69, 9.17) is 0 Å². The van der Waals surface area contributed by atoms with Crippen LogP contribution in [0.25, 0.3) is 0 Å². The average molecular weight is 212 g/mol. The molecule has 0 saturated carbocycles. The first-order valence-corrected chi connectivity index (χ1v) is 5.10. The van der Waals surface area contributed by atoms with E-state index in [1.807, 2.05) is 42.5 Å². The van der Waals surface area contributed by atoms with E-state index in [0.29, 0.717) is 6.42 Å². The Morgan fingerprint density at radius 3 is 2.69 bits per heavy atom. The molecule has 1 aromatic heterocycles. The molecule has 0 fully saturated rings. The Kier molecular flexibility index (Phi) is 3.28. The van der Waals surface area contributed by atoms with Gasteiger partial charge < -0.3 is 10.1 Å². The van der Waals surface area contributed by atoms with Gasteiger partial charge in [-0.15, -0.1) is 0 Å². The van der Waals surface area contributed by atoms with Crippen molar-refractivity contribution >= 4 is 17.8 Å². The predicted octanol–water partition coefficient (Wildman–Crippen LogP) is 2.57. The highest BCUT2D eigenvalue weighted by Gasteiger charge is 2.02. The summed E-state index contributed by atoms with van der Waals surface area (Å²) in [6, 6.07) is 13.5. The molecule has 0 radical (unpaired) electrons. The van der Waals surface area contributed by atoms with Gasteiger partial charge in [0.1, 0.15) is 12.1 Å². The van der Waals surface area contributed by atoms with Crippen molar-refractivity contribution in [3.8, 4) is 0 Å². The summed E-state index contributed by atoms with van der Waals surface area (Å²) in [6.45, 7) is 0. The maximum atomic E-state index is 10.5. The fraction of sp³-hybridized carbons (Fsp3) is 0.0769. The molecule has 1 N–H and O–H groups in total. The molecule has 0 spiro atoms. The number of aromatic nitrogens is 1. The number of anilines is 2. The van der Waals surface area contributed by atoms with E-state index in [9.17, 15) is 4.79 Å². The van der Waals surface area contributed by atoms with Crippen molar-refractivity contribution < 1.29 is 4.79 Å². The number of pyridine rings is 1. The van der Waals surface area contributed by atoms with Crippen molar-refractivity contribution in [2.45, 2.75) is 6.42 Å². The lowest BCUT2D eigenvalue weighted by molar-refractivity contribution is -0.107. The third kappa shape index (κ3) is 2.45. The molecule has 0 amide bonds. The summed E-state index contributed by atoms with van der Waals surface area (Å²) < 4.78 is 0. The van der Waals surface area contributed by atoms with Crippen LogP contribution in [0.4, 0.5) is 11.5 Å². The molecule has 3 heteroatoms. The van der Waals surface area contributed by atoms with Gasteiger partial charge in [0, 0.05) is 23.9 Å². The Balaban J connectivity index is 2.24. The van der Waals surface area contributed by atoms with Gasteiger partial charge in [-0.3, -0.25) is 0 Å².